The van der Waals surface area contributed by atoms with Crippen molar-refractivity contribution in [2.24, 2.45) is 28.6 Å². The molecule has 1 N–H and O–H groups in total. The molecule has 7 atom stereocenters. The van der Waals surface area contributed by atoms with Gasteiger partial charge in [-0.05, 0) is 73.2 Å². The Hall–Kier alpha value is -0.150. The van der Waals surface area contributed by atoms with Crippen molar-refractivity contribution >= 4 is 21.7 Å². The van der Waals surface area contributed by atoms with E-state index in [1.54, 1.807) is 0 Å². The van der Waals surface area contributed by atoms with Crippen LogP contribution in [0.1, 0.15) is 58.8 Å². The SMILES string of the molecule is C[C@]12CC[C@H]3[C@@H](CCC4=CC(=O)CC[C@@]43C)[C@@H]1C(Br)C[C@@H]2O. The van der Waals surface area contributed by atoms with Gasteiger partial charge in [-0.3, -0.25) is 4.79 Å². The molecule has 0 amide bonds. The van der Waals surface area contributed by atoms with E-state index in [4.69, 9.17) is 0 Å². The van der Waals surface area contributed by atoms with Crippen molar-refractivity contribution in [2.45, 2.75) is 69.7 Å². The predicted molar refractivity (Wildman–Crippen MR) is 90.8 cm³/mol. The first-order chi connectivity index (χ1) is 10.4. The summed E-state index contributed by atoms with van der Waals surface area (Å²) in [6.07, 6.45) is 9.14. The maximum absolute atomic E-state index is 11.8. The molecular formula is C19H27BrO2. The zero-order valence-corrected chi connectivity index (χ0v) is 15.2. The highest BCUT2D eigenvalue weighted by Gasteiger charge is 2.61. The van der Waals surface area contributed by atoms with Crippen LogP contribution in [0.4, 0.5) is 0 Å². The average Bonchev–Trinajstić information content (AvgIpc) is 2.70. The van der Waals surface area contributed by atoms with Gasteiger partial charge in [0, 0.05) is 11.2 Å². The number of rotatable bonds is 0. The molecule has 1 unspecified atom stereocenters. The summed E-state index contributed by atoms with van der Waals surface area (Å²) in [7, 11) is 0. The fourth-order valence-corrected chi connectivity index (χ4v) is 7.89. The van der Waals surface area contributed by atoms with Crippen molar-refractivity contribution in [2.75, 3.05) is 0 Å². The second-order valence-corrected chi connectivity index (χ2v) is 9.88. The monoisotopic (exact) mass is 366 g/mol. The highest BCUT2D eigenvalue weighted by atomic mass is 79.9. The minimum atomic E-state index is -0.152. The molecule has 0 aromatic heterocycles. The molecule has 0 aromatic carbocycles. The van der Waals surface area contributed by atoms with Gasteiger partial charge in [-0.2, -0.15) is 0 Å². The van der Waals surface area contributed by atoms with Crippen LogP contribution in [0.3, 0.4) is 0 Å². The quantitative estimate of drug-likeness (QED) is 0.650. The predicted octanol–water partition coefficient (Wildman–Crippen LogP) is 4.25. The number of allylic oxidation sites excluding steroid dienone is 1. The number of carbonyl (C=O) groups is 1. The van der Waals surface area contributed by atoms with Crippen LogP contribution in [0, 0.1) is 28.6 Å². The number of aliphatic hydroxyl groups is 1. The Labute approximate surface area is 141 Å². The normalized spacial score (nSPS) is 54.3. The number of fused-ring (bicyclic) bond motifs is 5. The Morgan fingerprint density at radius 3 is 2.77 bits per heavy atom. The number of aliphatic hydroxyl groups excluding tert-OH is 1. The molecule has 122 valence electrons. The third kappa shape index (κ3) is 1.90. The summed E-state index contributed by atoms with van der Waals surface area (Å²) in [4.78, 5) is 12.3. The number of ketones is 1. The standard InChI is InChI=1S/C19H27BrO2/c1-18-7-5-12(21)9-11(18)3-4-13-14(18)6-8-19(2)16(22)10-15(20)17(13)19/h9,13-17,22H,3-8,10H2,1-2H3/t13-,14+,15?,16+,17-,18+,19-/m1/s1. The van der Waals surface area contributed by atoms with Gasteiger partial charge in [0.2, 0.25) is 0 Å². The molecule has 4 rings (SSSR count). The summed E-state index contributed by atoms with van der Waals surface area (Å²) in [6.45, 7) is 4.73. The van der Waals surface area contributed by atoms with Crippen LogP contribution in [-0.4, -0.2) is 21.8 Å². The Bertz CT molecular complexity index is 542. The van der Waals surface area contributed by atoms with Crippen LogP contribution in [0.15, 0.2) is 11.6 Å². The van der Waals surface area contributed by atoms with Gasteiger partial charge in [0.25, 0.3) is 0 Å². The minimum Gasteiger partial charge on any atom is -0.393 e. The second kappa shape index (κ2) is 4.92. The van der Waals surface area contributed by atoms with Crippen molar-refractivity contribution in [3.05, 3.63) is 11.6 Å². The lowest BCUT2D eigenvalue weighted by molar-refractivity contribution is -0.117. The Morgan fingerprint density at radius 1 is 1.23 bits per heavy atom. The second-order valence-electron chi connectivity index (χ2n) is 8.70. The smallest absolute Gasteiger partial charge is 0.155 e. The topological polar surface area (TPSA) is 37.3 Å². The van der Waals surface area contributed by atoms with Crippen molar-refractivity contribution < 1.29 is 9.90 Å². The van der Waals surface area contributed by atoms with Gasteiger partial charge >= 0.3 is 0 Å². The Morgan fingerprint density at radius 2 is 2.00 bits per heavy atom. The lowest BCUT2D eigenvalue weighted by Crippen LogP contribution is -2.52. The van der Waals surface area contributed by atoms with Gasteiger partial charge in [0.1, 0.15) is 0 Å². The largest absolute Gasteiger partial charge is 0.393 e. The third-order valence-corrected chi connectivity index (χ3v) is 8.80. The first kappa shape index (κ1) is 15.4. The van der Waals surface area contributed by atoms with Crippen LogP contribution >= 0.6 is 15.9 Å². The van der Waals surface area contributed by atoms with Crippen LogP contribution in [-0.2, 0) is 4.79 Å². The van der Waals surface area contributed by atoms with Crippen molar-refractivity contribution in [1.82, 2.24) is 0 Å². The van der Waals surface area contributed by atoms with Gasteiger partial charge in [0.05, 0.1) is 6.10 Å². The Kier molecular flexibility index (Phi) is 3.44. The summed E-state index contributed by atoms with van der Waals surface area (Å²) in [5.74, 6) is 2.33. The summed E-state index contributed by atoms with van der Waals surface area (Å²) in [5, 5.41) is 10.6. The number of halogens is 1. The Balaban J connectivity index is 1.71. The first-order valence-electron chi connectivity index (χ1n) is 8.92. The molecule has 0 radical (unpaired) electrons. The summed E-state index contributed by atoms with van der Waals surface area (Å²) in [5.41, 5.74) is 1.76. The number of carbonyl (C=O) groups excluding carboxylic acids is 1. The zero-order valence-electron chi connectivity index (χ0n) is 13.6. The van der Waals surface area contributed by atoms with E-state index in [0.29, 0.717) is 28.4 Å². The number of hydrogen-bond acceptors (Lipinski definition) is 2. The van der Waals surface area contributed by atoms with E-state index in [2.05, 4.69) is 29.8 Å². The van der Waals surface area contributed by atoms with Gasteiger partial charge in [-0.25, -0.2) is 0 Å². The third-order valence-electron chi connectivity index (χ3n) is 7.86. The van der Waals surface area contributed by atoms with Crippen molar-refractivity contribution in [3.63, 3.8) is 0 Å². The minimum absolute atomic E-state index is 0.0946. The van der Waals surface area contributed by atoms with Crippen molar-refractivity contribution in [3.8, 4) is 0 Å². The molecule has 0 spiro atoms. The molecule has 0 aromatic rings. The van der Waals surface area contributed by atoms with Gasteiger partial charge < -0.3 is 5.11 Å². The van der Waals surface area contributed by atoms with E-state index >= 15 is 0 Å². The van der Waals surface area contributed by atoms with Gasteiger partial charge in [-0.1, -0.05) is 35.4 Å². The highest BCUT2D eigenvalue weighted by Crippen LogP contribution is 2.66. The molecule has 0 bridgehead atoms. The fourth-order valence-electron chi connectivity index (χ4n) is 6.54. The molecular weight excluding hydrogens is 340 g/mol. The lowest BCUT2D eigenvalue weighted by Gasteiger charge is -2.58. The number of alkyl halides is 1. The summed E-state index contributed by atoms with van der Waals surface area (Å²) < 4.78 is 0. The van der Waals surface area contributed by atoms with E-state index in [1.807, 2.05) is 6.08 Å². The van der Waals surface area contributed by atoms with Gasteiger partial charge in [-0.15, -0.1) is 0 Å². The molecule has 3 fully saturated rings. The maximum atomic E-state index is 11.8. The van der Waals surface area contributed by atoms with Crippen LogP contribution in [0.25, 0.3) is 0 Å². The zero-order chi connectivity index (χ0) is 15.7. The molecule has 0 saturated heterocycles. The molecule has 0 aliphatic heterocycles. The van der Waals surface area contributed by atoms with Crippen LogP contribution < -0.4 is 0 Å². The average molecular weight is 367 g/mol. The highest BCUT2D eigenvalue weighted by molar-refractivity contribution is 9.09. The molecule has 22 heavy (non-hydrogen) atoms. The molecule has 4 aliphatic rings. The lowest BCUT2D eigenvalue weighted by atomic mass is 9.47. The van der Waals surface area contributed by atoms with Crippen LogP contribution in [0.2, 0.25) is 0 Å². The fraction of sp³-hybridized carbons (Fsp3) is 0.842. The van der Waals surface area contributed by atoms with E-state index in [1.165, 1.54) is 18.4 Å². The molecule has 2 nitrogen and oxygen atoms in total. The van der Waals surface area contributed by atoms with E-state index < -0.39 is 0 Å². The first-order valence-corrected chi connectivity index (χ1v) is 9.84. The molecule has 4 aliphatic carbocycles. The van der Waals surface area contributed by atoms with Crippen LogP contribution in [0.5, 0.6) is 0 Å². The number of hydrogen-bond donors (Lipinski definition) is 1. The summed E-state index contributed by atoms with van der Waals surface area (Å²) in [6, 6.07) is 0. The maximum Gasteiger partial charge on any atom is 0.155 e. The van der Waals surface area contributed by atoms with E-state index in [0.717, 1.165) is 32.1 Å². The van der Waals surface area contributed by atoms with E-state index in [-0.39, 0.29) is 16.9 Å². The molecule has 0 heterocycles. The van der Waals surface area contributed by atoms with E-state index in [9.17, 15) is 9.90 Å². The molecule has 3 saturated carbocycles. The summed E-state index contributed by atoms with van der Waals surface area (Å²) >= 11 is 3.90. The molecule has 3 heteroatoms. The van der Waals surface area contributed by atoms with Crippen molar-refractivity contribution in [1.29, 1.82) is 0 Å². The van der Waals surface area contributed by atoms with Gasteiger partial charge in [0.15, 0.2) is 5.78 Å².